The van der Waals surface area contributed by atoms with Gasteiger partial charge >= 0.3 is 0 Å². The molecule has 3 aliphatic heterocycles. The van der Waals surface area contributed by atoms with Crippen molar-refractivity contribution in [1.29, 1.82) is 0 Å². The van der Waals surface area contributed by atoms with E-state index in [0.29, 0.717) is 0 Å². The van der Waals surface area contributed by atoms with E-state index in [4.69, 9.17) is 4.42 Å². The van der Waals surface area contributed by atoms with Crippen molar-refractivity contribution >= 4 is 122 Å². The second-order valence-electron chi connectivity index (χ2n) is 20.4. The molecule has 330 valence electrons. The molecule has 2 atom stereocenters. The van der Waals surface area contributed by atoms with Crippen molar-refractivity contribution < 1.29 is 4.42 Å². The maximum atomic E-state index is 6.98. The predicted molar refractivity (Wildman–Crippen MR) is 294 cm³/mol. The summed E-state index contributed by atoms with van der Waals surface area (Å²) >= 11 is 1.87. The number of furan rings is 1. The zero-order valence-electron chi connectivity index (χ0n) is 39.0. The lowest BCUT2D eigenvalue weighted by Crippen LogP contribution is -2.61. The van der Waals surface area contributed by atoms with Crippen molar-refractivity contribution in [2.24, 2.45) is 0 Å². The Morgan fingerprint density at radius 3 is 2.06 bits per heavy atom. The summed E-state index contributed by atoms with van der Waals surface area (Å²) in [5, 5.41) is 4.85. The Morgan fingerprint density at radius 1 is 0.493 bits per heavy atom. The highest BCUT2D eigenvalue weighted by Crippen LogP contribution is 2.61. The monoisotopic (exact) mass is 905 g/mol. The first kappa shape index (κ1) is 39.5. The molecule has 2 unspecified atom stereocenters. The number of hydrogen-bond acceptors (Lipinski definition) is 5. The highest BCUT2D eigenvalue weighted by Gasteiger charge is 2.58. The van der Waals surface area contributed by atoms with Gasteiger partial charge in [0.1, 0.15) is 5.58 Å². The van der Waals surface area contributed by atoms with Crippen LogP contribution in [0.25, 0.3) is 53.2 Å². The minimum atomic E-state index is -0.0796. The normalized spacial score (nSPS) is 19.0. The van der Waals surface area contributed by atoms with Crippen molar-refractivity contribution in [3.63, 3.8) is 0 Å². The molecule has 1 aliphatic carbocycles. The quantitative estimate of drug-likeness (QED) is 0.164. The lowest BCUT2D eigenvalue weighted by atomic mass is 9.33. The molecule has 11 aromatic rings. The fourth-order valence-corrected chi connectivity index (χ4v) is 14.6. The van der Waals surface area contributed by atoms with Crippen LogP contribution < -0.4 is 31.1 Å². The van der Waals surface area contributed by atoms with Gasteiger partial charge < -0.3 is 19.1 Å². The summed E-state index contributed by atoms with van der Waals surface area (Å²) < 4.78 is 9.60. The standard InChI is InChI=1S/C63H48BN3OS/c1-39-34-55-60-56(35-39)66(52-23-15-20-46-44-18-7-11-24-57(44)68-61(46)52)54-38-43(67-51-22-10-9-21-48(51)62(2)32-13-14-33-63(62,67)3)27-30-50(54)64(60)49-29-26-41(40-16-5-4-6-17-40)36-53(49)65(55)42-28-31-59-47(37-42)45-19-8-12-25-58(45)69-59/h4-12,15-31,34-38H,13-14,32-33H2,1-3H3. The summed E-state index contributed by atoms with van der Waals surface area (Å²) in [4.78, 5) is 7.86. The average Bonchev–Trinajstić information content (AvgIpc) is 4.02. The number of aryl methyl sites for hydroxylation is 1. The van der Waals surface area contributed by atoms with Crippen LogP contribution in [0, 0.1) is 6.92 Å². The first-order valence-corrected chi connectivity index (χ1v) is 25.5. The van der Waals surface area contributed by atoms with E-state index < -0.39 is 0 Å². The number of para-hydroxylation sites is 3. The van der Waals surface area contributed by atoms with Crippen LogP contribution in [0.5, 0.6) is 0 Å². The summed E-state index contributed by atoms with van der Waals surface area (Å²) in [6.45, 7) is 7.31. The second kappa shape index (κ2) is 14.3. The number of benzene rings is 9. The van der Waals surface area contributed by atoms with Crippen molar-refractivity contribution in [3.8, 4) is 11.1 Å². The Labute approximate surface area is 406 Å². The molecule has 4 aliphatic rings. The smallest absolute Gasteiger partial charge is 0.252 e. The number of anilines is 8. The van der Waals surface area contributed by atoms with Gasteiger partial charge in [0.25, 0.3) is 6.71 Å². The Morgan fingerprint density at radius 2 is 1.17 bits per heavy atom. The molecule has 0 spiro atoms. The Bertz CT molecular complexity index is 3970. The van der Waals surface area contributed by atoms with Gasteiger partial charge in [0.15, 0.2) is 5.58 Å². The number of thiophene rings is 1. The fraction of sp³-hybridized carbons (Fsp3) is 0.143. The molecule has 1 saturated carbocycles. The van der Waals surface area contributed by atoms with E-state index in [1.165, 1.54) is 112 Å². The van der Waals surface area contributed by atoms with Crippen LogP contribution in [0.4, 0.5) is 45.5 Å². The number of hydrogen-bond donors (Lipinski definition) is 0. The van der Waals surface area contributed by atoms with Crippen molar-refractivity contribution in [3.05, 3.63) is 199 Å². The molecule has 5 heterocycles. The summed E-state index contributed by atoms with van der Waals surface area (Å²) in [5.74, 6) is 0. The molecule has 15 rings (SSSR count). The van der Waals surface area contributed by atoms with Crippen LogP contribution in [0.15, 0.2) is 192 Å². The van der Waals surface area contributed by atoms with Gasteiger partial charge in [0, 0.05) is 76.2 Å². The van der Waals surface area contributed by atoms with Gasteiger partial charge in [0.2, 0.25) is 0 Å². The molecule has 0 N–H and O–H groups in total. The van der Waals surface area contributed by atoms with Gasteiger partial charge in [-0.15, -0.1) is 11.3 Å². The lowest BCUT2D eigenvalue weighted by molar-refractivity contribution is 0.195. The van der Waals surface area contributed by atoms with Crippen LogP contribution in [0.2, 0.25) is 0 Å². The summed E-state index contributed by atoms with van der Waals surface area (Å²) in [5.41, 5.74) is 20.4. The van der Waals surface area contributed by atoms with Crippen LogP contribution in [0.3, 0.4) is 0 Å². The summed E-state index contributed by atoms with van der Waals surface area (Å²) in [6.07, 6.45) is 4.82. The van der Waals surface area contributed by atoms with Gasteiger partial charge in [-0.25, -0.2) is 0 Å². The molecule has 4 nitrogen and oxygen atoms in total. The maximum Gasteiger partial charge on any atom is 0.252 e. The number of fused-ring (bicyclic) bond motifs is 13. The molecule has 1 fully saturated rings. The topological polar surface area (TPSA) is 22.9 Å². The van der Waals surface area contributed by atoms with Crippen LogP contribution >= 0.6 is 11.3 Å². The van der Waals surface area contributed by atoms with E-state index in [1.54, 1.807) is 0 Å². The molecule has 69 heavy (non-hydrogen) atoms. The fourth-order valence-electron chi connectivity index (χ4n) is 13.5. The molecule has 6 heteroatoms. The minimum Gasteiger partial charge on any atom is -0.454 e. The van der Waals surface area contributed by atoms with Crippen molar-refractivity contribution in [1.82, 2.24) is 0 Å². The number of nitrogens with zero attached hydrogens (tertiary/aromatic N) is 3. The third kappa shape index (κ3) is 5.35. The minimum absolute atomic E-state index is 0.0334. The van der Waals surface area contributed by atoms with E-state index in [0.717, 1.165) is 39.7 Å². The molecule has 0 bridgehead atoms. The molecule has 9 aromatic carbocycles. The molecular formula is C63H48BN3OS. The zero-order chi connectivity index (χ0) is 45.8. The largest absolute Gasteiger partial charge is 0.454 e. The van der Waals surface area contributed by atoms with E-state index in [-0.39, 0.29) is 17.7 Å². The van der Waals surface area contributed by atoms with E-state index in [2.05, 4.69) is 224 Å². The van der Waals surface area contributed by atoms with E-state index >= 15 is 0 Å². The third-order valence-electron chi connectivity index (χ3n) is 16.8. The van der Waals surface area contributed by atoms with Crippen molar-refractivity contribution in [2.45, 2.75) is 57.4 Å². The lowest BCUT2D eigenvalue weighted by Gasteiger charge is -2.50. The van der Waals surface area contributed by atoms with Crippen LogP contribution in [-0.2, 0) is 5.41 Å². The first-order chi connectivity index (χ1) is 33.9. The Hall–Kier alpha value is -7.54. The van der Waals surface area contributed by atoms with Crippen LogP contribution in [0.1, 0.15) is 50.7 Å². The Balaban J connectivity index is 1.03. The molecule has 0 radical (unpaired) electrons. The van der Waals surface area contributed by atoms with Gasteiger partial charge in [0.05, 0.1) is 11.2 Å². The Kier molecular flexibility index (Phi) is 8.15. The highest BCUT2D eigenvalue weighted by molar-refractivity contribution is 7.25. The second-order valence-corrected chi connectivity index (χ2v) is 21.5. The van der Waals surface area contributed by atoms with Gasteiger partial charge in [-0.3, -0.25) is 0 Å². The average molecular weight is 906 g/mol. The van der Waals surface area contributed by atoms with E-state index in [9.17, 15) is 0 Å². The zero-order valence-corrected chi connectivity index (χ0v) is 39.8. The summed E-state index contributed by atoms with van der Waals surface area (Å²) in [6, 6.07) is 70.8. The third-order valence-corrected chi connectivity index (χ3v) is 18.0. The maximum absolute atomic E-state index is 6.98. The predicted octanol–water partition coefficient (Wildman–Crippen LogP) is 15.8. The van der Waals surface area contributed by atoms with Gasteiger partial charge in [-0.05, 0) is 138 Å². The molecule has 0 amide bonds. The number of rotatable bonds is 4. The van der Waals surface area contributed by atoms with Gasteiger partial charge in [-0.2, -0.15) is 0 Å². The highest BCUT2D eigenvalue weighted by atomic mass is 32.1. The molecule has 2 aromatic heterocycles. The van der Waals surface area contributed by atoms with Crippen molar-refractivity contribution in [2.75, 3.05) is 14.7 Å². The van der Waals surface area contributed by atoms with Gasteiger partial charge in [-0.1, -0.05) is 135 Å². The summed E-state index contributed by atoms with van der Waals surface area (Å²) in [7, 11) is 0. The first-order valence-electron chi connectivity index (χ1n) is 24.7. The molecular weight excluding hydrogens is 858 g/mol. The van der Waals surface area contributed by atoms with Crippen LogP contribution in [-0.4, -0.2) is 12.3 Å². The SMILES string of the molecule is Cc1cc2c3c(c1)N(c1cccc4c1oc1ccccc14)c1cc(N4c5ccccc5C5(C)CCCCC45C)ccc1B3c1ccc(-c3ccccc3)cc1N2c1ccc2sc3ccccc3c2c1. The van der Waals surface area contributed by atoms with E-state index in [1.807, 2.05) is 11.3 Å². The molecule has 0 saturated heterocycles.